The minimum absolute atomic E-state index is 0.0144. The molecule has 0 bridgehead atoms. The SMILES string of the molecule is OCc1cccc(Nc2nc(-c3cccs3)nc3ccccc23)c1. The Morgan fingerprint density at radius 1 is 0.958 bits per heavy atom. The highest BCUT2D eigenvalue weighted by atomic mass is 32.1. The zero-order valence-corrected chi connectivity index (χ0v) is 13.6. The van der Waals surface area contributed by atoms with E-state index in [9.17, 15) is 5.11 Å². The molecule has 0 spiro atoms. The molecule has 118 valence electrons. The van der Waals surface area contributed by atoms with Crippen LogP contribution in [0, 0.1) is 0 Å². The molecule has 0 amide bonds. The lowest BCUT2D eigenvalue weighted by Crippen LogP contribution is -1.99. The lowest BCUT2D eigenvalue weighted by atomic mass is 10.2. The number of anilines is 2. The Hall–Kier alpha value is -2.76. The first-order valence-corrected chi connectivity index (χ1v) is 8.49. The van der Waals surface area contributed by atoms with E-state index in [-0.39, 0.29) is 6.61 Å². The van der Waals surface area contributed by atoms with Gasteiger partial charge in [0.05, 0.1) is 17.0 Å². The fourth-order valence-electron chi connectivity index (χ4n) is 2.57. The van der Waals surface area contributed by atoms with Gasteiger partial charge in [-0.3, -0.25) is 0 Å². The molecular formula is C19H15N3OS. The summed E-state index contributed by atoms with van der Waals surface area (Å²) >= 11 is 1.62. The third kappa shape index (κ3) is 2.87. The molecule has 5 heteroatoms. The molecule has 24 heavy (non-hydrogen) atoms. The van der Waals surface area contributed by atoms with Crippen LogP contribution >= 0.6 is 11.3 Å². The maximum absolute atomic E-state index is 9.32. The van der Waals surface area contributed by atoms with Crippen LogP contribution in [0.5, 0.6) is 0 Å². The van der Waals surface area contributed by atoms with Gasteiger partial charge in [-0.25, -0.2) is 9.97 Å². The van der Waals surface area contributed by atoms with Gasteiger partial charge in [0.15, 0.2) is 5.82 Å². The summed E-state index contributed by atoms with van der Waals surface area (Å²) in [6.07, 6.45) is 0. The normalized spacial score (nSPS) is 10.9. The second-order valence-corrected chi connectivity index (χ2v) is 6.32. The molecule has 0 radical (unpaired) electrons. The highest BCUT2D eigenvalue weighted by Gasteiger charge is 2.10. The molecule has 0 fully saturated rings. The Bertz CT molecular complexity index is 983. The van der Waals surface area contributed by atoms with E-state index in [0.29, 0.717) is 5.82 Å². The Labute approximate surface area is 143 Å². The maximum Gasteiger partial charge on any atom is 0.172 e. The van der Waals surface area contributed by atoms with Crippen molar-refractivity contribution < 1.29 is 5.11 Å². The third-order valence-electron chi connectivity index (χ3n) is 3.72. The standard InChI is InChI=1S/C19H15N3OS/c23-12-13-5-3-6-14(11-13)20-18-15-7-1-2-8-16(15)21-19(22-18)17-9-4-10-24-17/h1-11,23H,12H2,(H,20,21,22). The summed E-state index contributed by atoms with van der Waals surface area (Å²) in [7, 11) is 0. The molecular weight excluding hydrogens is 318 g/mol. The number of aromatic nitrogens is 2. The zero-order chi connectivity index (χ0) is 16.4. The predicted octanol–water partition coefficient (Wildman–Crippen LogP) is 4.59. The van der Waals surface area contributed by atoms with Crippen LogP contribution in [0.1, 0.15) is 5.56 Å². The smallest absolute Gasteiger partial charge is 0.172 e. The number of aliphatic hydroxyl groups excluding tert-OH is 1. The molecule has 0 aliphatic rings. The molecule has 0 atom stereocenters. The van der Waals surface area contributed by atoms with Crippen molar-refractivity contribution >= 4 is 33.7 Å². The highest BCUT2D eigenvalue weighted by Crippen LogP contribution is 2.29. The molecule has 2 aromatic heterocycles. The van der Waals surface area contributed by atoms with Gasteiger partial charge in [-0.2, -0.15) is 0 Å². The highest BCUT2D eigenvalue weighted by molar-refractivity contribution is 7.13. The first kappa shape index (κ1) is 14.8. The van der Waals surface area contributed by atoms with Crippen LogP contribution in [0.25, 0.3) is 21.6 Å². The van der Waals surface area contributed by atoms with Gasteiger partial charge in [-0.15, -0.1) is 11.3 Å². The average molecular weight is 333 g/mol. The van der Waals surface area contributed by atoms with E-state index in [0.717, 1.165) is 32.8 Å². The quantitative estimate of drug-likeness (QED) is 0.573. The maximum atomic E-state index is 9.32. The minimum atomic E-state index is 0.0144. The van der Waals surface area contributed by atoms with Gasteiger partial charge in [-0.1, -0.05) is 30.3 Å². The van der Waals surface area contributed by atoms with Gasteiger partial charge < -0.3 is 10.4 Å². The van der Waals surface area contributed by atoms with Crippen LogP contribution in [-0.2, 0) is 6.61 Å². The van der Waals surface area contributed by atoms with Crippen molar-refractivity contribution in [3.05, 3.63) is 71.6 Å². The topological polar surface area (TPSA) is 58.0 Å². The summed E-state index contributed by atoms with van der Waals surface area (Å²) in [5.74, 6) is 1.48. The van der Waals surface area contributed by atoms with Crippen molar-refractivity contribution in [1.29, 1.82) is 0 Å². The molecule has 0 aliphatic carbocycles. The third-order valence-corrected chi connectivity index (χ3v) is 4.58. The number of thiophene rings is 1. The zero-order valence-electron chi connectivity index (χ0n) is 12.8. The summed E-state index contributed by atoms with van der Waals surface area (Å²) in [5.41, 5.74) is 2.65. The Morgan fingerprint density at radius 3 is 2.71 bits per heavy atom. The Morgan fingerprint density at radius 2 is 1.88 bits per heavy atom. The van der Waals surface area contributed by atoms with Crippen LogP contribution in [0.3, 0.4) is 0 Å². The van der Waals surface area contributed by atoms with Crippen LogP contribution in [-0.4, -0.2) is 15.1 Å². The van der Waals surface area contributed by atoms with Crippen molar-refractivity contribution in [1.82, 2.24) is 9.97 Å². The minimum Gasteiger partial charge on any atom is -0.392 e. The van der Waals surface area contributed by atoms with E-state index in [2.05, 4.69) is 10.3 Å². The van der Waals surface area contributed by atoms with E-state index in [1.807, 2.05) is 66.0 Å². The van der Waals surface area contributed by atoms with Crippen molar-refractivity contribution in [3.8, 4) is 10.7 Å². The first-order valence-electron chi connectivity index (χ1n) is 7.61. The van der Waals surface area contributed by atoms with Crippen LogP contribution < -0.4 is 5.32 Å². The van der Waals surface area contributed by atoms with Crippen LogP contribution in [0.4, 0.5) is 11.5 Å². The number of nitrogens with one attached hydrogen (secondary N) is 1. The molecule has 2 heterocycles. The van der Waals surface area contributed by atoms with Crippen LogP contribution in [0.15, 0.2) is 66.0 Å². The molecule has 4 nitrogen and oxygen atoms in total. The van der Waals surface area contributed by atoms with E-state index >= 15 is 0 Å². The summed E-state index contributed by atoms with van der Waals surface area (Å²) < 4.78 is 0. The first-order chi connectivity index (χ1) is 11.8. The number of benzene rings is 2. The molecule has 0 saturated heterocycles. The molecule has 2 aromatic carbocycles. The van der Waals surface area contributed by atoms with Gasteiger partial charge in [0.2, 0.25) is 0 Å². The number of rotatable bonds is 4. The largest absolute Gasteiger partial charge is 0.392 e. The fourth-order valence-corrected chi connectivity index (χ4v) is 3.23. The number of nitrogens with zero attached hydrogens (tertiary/aromatic N) is 2. The monoisotopic (exact) mass is 333 g/mol. The molecule has 4 rings (SSSR count). The second kappa shape index (κ2) is 6.39. The summed E-state index contributed by atoms with van der Waals surface area (Å²) in [5, 5.41) is 15.7. The number of para-hydroxylation sites is 1. The number of hydrogen-bond donors (Lipinski definition) is 2. The summed E-state index contributed by atoms with van der Waals surface area (Å²) in [6.45, 7) is 0.0144. The summed E-state index contributed by atoms with van der Waals surface area (Å²) in [6, 6.07) is 19.6. The molecule has 0 aliphatic heterocycles. The molecule has 4 aromatic rings. The van der Waals surface area contributed by atoms with Crippen LogP contribution in [0.2, 0.25) is 0 Å². The lowest BCUT2D eigenvalue weighted by molar-refractivity contribution is 0.282. The van der Waals surface area contributed by atoms with Gasteiger partial charge in [0.1, 0.15) is 5.82 Å². The molecule has 0 unspecified atom stereocenters. The van der Waals surface area contributed by atoms with Crippen molar-refractivity contribution in [2.24, 2.45) is 0 Å². The number of aliphatic hydroxyl groups is 1. The van der Waals surface area contributed by atoms with E-state index in [1.165, 1.54) is 0 Å². The Kier molecular flexibility index (Phi) is 3.94. The second-order valence-electron chi connectivity index (χ2n) is 5.37. The summed E-state index contributed by atoms with van der Waals surface area (Å²) in [4.78, 5) is 10.4. The van der Waals surface area contributed by atoms with Gasteiger partial charge in [0.25, 0.3) is 0 Å². The average Bonchev–Trinajstić information content (AvgIpc) is 3.16. The number of fused-ring (bicyclic) bond motifs is 1. The van der Waals surface area contributed by atoms with Crippen molar-refractivity contribution in [3.63, 3.8) is 0 Å². The fraction of sp³-hybridized carbons (Fsp3) is 0.0526. The van der Waals surface area contributed by atoms with Crippen molar-refractivity contribution in [2.45, 2.75) is 6.61 Å². The van der Waals surface area contributed by atoms with Gasteiger partial charge >= 0.3 is 0 Å². The van der Waals surface area contributed by atoms with Gasteiger partial charge in [-0.05, 0) is 41.3 Å². The molecule has 0 saturated carbocycles. The van der Waals surface area contributed by atoms with Gasteiger partial charge in [0, 0.05) is 11.1 Å². The predicted molar refractivity (Wildman–Crippen MR) is 98.5 cm³/mol. The molecule has 2 N–H and O–H groups in total. The van der Waals surface area contributed by atoms with Crippen molar-refractivity contribution in [2.75, 3.05) is 5.32 Å². The van der Waals surface area contributed by atoms with E-state index < -0.39 is 0 Å². The van der Waals surface area contributed by atoms with E-state index in [1.54, 1.807) is 11.3 Å². The van der Waals surface area contributed by atoms with E-state index in [4.69, 9.17) is 4.98 Å². The lowest BCUT2D eigenvalue weighted by Gasteiger charge is -2.11. The Balaban J connectivity index is 1.83. The number of hydrogen-bond acceptors (Lipinski definition) is 5.